The van der Waals surface area contributed by atoms with E-state index in [1.807, 2.05) is 25.1 Å². The minimum Gasteiger partial charge on any atom is -0.357 e. The quantitative estimate of drug-likeness (QED) is 0.763. The van der Waals surface area contributed by atoms with E-state index in [4.69, 9.17) is 11.6 Å². The Morgan fingerprint density at radius 2 is 2.09 bits per heavy atom. The van der Waals surface area contributed by atoms with E-state index >= 15 is 0 Å². The summed E-state index contributed by atoms with van der Waals surface area (Å²) in [5.74, 6) is 0.524. The zero-order valence-electron chi connectivity index (χ0n) is 12.7. The summed E-state index contributed by atoms with van der Waals surface area (Å²) in [6.45, 7) is 1.98. The molecule has 0 aliphatic rings. The largest absolute Gasteiger partial charge is 0.357 e. The number of anilines is 1. The number of hydrogen-bond donors (Lipinski definition) is 2. The van der Waals surface area contributed by atoms with Crippen molar-refractivity contribution in [2.24, 2.45) is 0 Å². The third kappa shape index (κ3) is 2.89. The molecule has 0 saturated heterocycles. The Kier molecular flexibility index (Phi) is 4.00. The Bertz CT molecular complexity index is 908. The maximum atomic E-state index is 9.45. The van der Waals surface area contributed by atoms with E-state index in [0.717, 1.165) is 22.5 Å². The van der Waals surface area contributed by atoms with E-state index in [-0.39, 0.29) is 0 Å². The molecule has 0 fully saturated rings. The average molecular weight is 324 g/mol. The van der Waals surface area contributed by atoms with Gasteiger partial charge in [0.05, 0.1) is 22.6 Å². The first-order valence-corrected chi connectivity index (χ1v) is 7.41. The molecule has 0 radical (unpaired) electrons. The Hall–Kier alpha value is -2.84. The van der Waals surface area contributed by atoms with Crippen LogP contribution >= 0.6 is 11.6 Å². The van der Waals surface area contributed by atoms with Gasteiger partial charge in [-0.3, -0.25) is 0 Å². The van der Waals surface area contributed by atoms with Crippen molar-refractivity contribution in [3.05, 3.63) is 52.7 Å². The maximum absolute atomic E-state index is 9.45. The zero-order valence-corrected chi connectivity index (χ0v) is 13.4. The molecule has 0 saturated carbocycles. The topological polar surface area (TPSA) is 77.4 Å². The summed E-state index contributed by atoms with van der Waals surface area (Å²) in [5, 5.41) is 13.0. The number of halogens is 1. The molecule has 0 atom stereocenters. The molecule has 2 N–H and O–H groups in total. The lowest BCUT2D eigenvalue weighted by atomic mass is 10.0. The van der Waals surface area contributed by atoms with E-state index in [1.165, 1.54) is 0 Å². The van der Waals surface area contributed by atoms with Gasteiger partial charge in [-0.15, -0.1) is 0 Å². The van der Waals surface area contributed by atoms with Crippen molar-refractivity contribution in [2.45, 2.75) is 6.92 Å². The number of nitrogens with one attached hydrogen (secondary N) is 2. The number of aromatic nitrogens is 3. The third-order valence-corrected chi connectivity index (χ3v) is 3.80. The summed E-state index contributed by atoms with van der Waals surface area (Å²) >= 11 is 6.10. The van der Waals surface area contributed by atoms with Crippen LogP contribution in [0.1, 0.15) is 11.1 Å². The van der Waals surface area contributed by atoms with Crippen LogP contribution < -0.4 is 5.32 Å². The lowest BCUT2D eigenvalue weighted by molar-refractivity contribution is 1.15. The number of aromatic amines is 1. The highest BCUT2D eigenvalue weighted by Crippen LogP contribution is 2.31. The molecule has 1 aromatic carbocycles. The molecule has 0 aliphatic heterocycles. The molecule has 0 spiro atoms. The first-order chi connectivity index (χ1) is 11.1. The summed E-state index contributed by atoms with van der Waals surface area (Å²) in [7, 11) is 1.76. The molecule has 0 unspecified atom stereocenters. The van der Waals surface area contributed by atoms with Crippen molar-refractivity contribution in [2.75, 3.05) is 12.4 Å². The van der Waals surface area contributed by atoms with Gasteiger partial charge in [0.15, 0.2) is 0 Å². The molecule has 23 heavy (non-hydrogen) atoms. The lowest BCUT2D eigenvalue weighted by Crippen LogP contribution is -1.96. The highest BCUT2D eigenvalue weighted by molar-refractivity contribution is 6.30. The first kappa shape index (κ1) is 15.1. The molecule has 0 bridgehead atoms. The van der Waals surface area contributed by atoms with Crippen LogP contribution in [0.2, 0.25) is 5.02 Å². The monoisotopic (exact) mass is 323 g/mol. The van der Waals surface area contributed by atoms with E-state index in [0.29, 0.717) is 22.2 Å². The van der Waals surface area contributed by atoms with Crippen LogP contribution in [0, 0.1) is 18.3 Å². The second-order valence-corrected chi connectivity index (χ2v) is 5.49. The molecule has 2 aromatic heterocycles. The van der Waals surface area contributed by atoms with Gasteiger partial charge in [-0.25, -0.2) is 9.97 Å². The van der Waals surface area contributed by atoms with Crippen molar-refractivity contribution in [1.29, 1.82) is 5.26 Å². The van der Waals surface area contributed by atoms with Crippen molar-refractivity contribution >= 4 is 17.5 Å². The molecule has 2 heterocycles. The molecule has 0 amide bonds. The highest BCUT2D eigenvalue weighted by Gasteiger charge is 2.14. The number of hydrogen-bond acceptors (Lipinski definition) is 4. The van der Waals surface area contributed by atoms with E-state index in [9.17, 15) is 5.26 Å². The minimum absolute atomic E-state index is 0.524. The number of nitrogens with zero attached hydrogens (tertiary/aromatic N) is 3. The van der Waals surface area contributed by atoms with Gasteiger partial charge in [0.2, 0.25) is 5.95 Å². The average Bonchev–Trinajstić information content (AvgIpc) is 3.01. The van der Waals surface area contributed by atoms with Crippen molar-refractivity contribution < 1.29 is 0 Å². The predicted molar refractivity (Wildman–Crippen MR) is 91.3 cm³/mol. The first-order valence-electron chi connectivity index (χ1n) is 7.03. The predicted octanol–water partition coefficient (Wildman–Crippen LogP) is 4.01. The van der Waals surface area contributed by atoms with Crippen LogP contribution in [0.3, 0.4) is 0 Å². The SMILES string of the molecule is CNc1nccc(-c2cc(C#N)c(-c3cc(Cl)ccc3C)[nH]2)n1. The van der Waals surface area contributed by atoms with Crippen LogP contribution in [0.25, 0.3) is 22.6 Å². The molecular formula is C17H14ClN5. The molecule has 5 nitrogen and oxygen atoms in total. The minimum atomic E-state index is 0.524. The van der Waals surface area contributed by atoms with E-state index in [1.54, 1.807) is 25.4 Å². The van der Waals surface area contributed by atoms with Crippen molar-refractivity contribution in [3.63, 3.8) is 0 Å². The number of nitriles is 1. The van der Waals surface area contributed by atoms with Gasteiger partial charge in [0.25, 0.3) is 0 Å². The molecule has 114 valence electrons. The summed E-state index contributed by atoms with van der Waals surface area (Å²) < 4.78 is 0. The molecular weight excluding hydrogens is 310 g/mol. The number of benzene rings is 1. The smallest absolute Gasteiger partial charge is 0.222 e. The van der Waals surface area contributed by atoms with E-state index < -0.39 is 0 Å². The van der Waals surface area contributed by atoms with Crippen molar-refractivity contribution in [3.8, 4) is 28.7 Å². The molecule has 6 heteroatoms. The van der Waals surface area contributed by atoms with Gasteiger partial charge in [0.1, 0.15) is 6.07 Å². The van der Waals surface area contributed by atoms with Crippen molar-refractivity contribution in [1.82, 2.24) is 15.0 Å². The summed E-state index contributed by atoms with van der Waals surface area (Å²) in [6, 6.07) is 11.4. The van der Waals surface area contributed by atoms with Crippen LogP contribution in [0.4, 0.5) is 5.95 Å². The van der Waals surface area contributed by atoms with Gasteiger partial charge in [0, 0.05) is 23.8 Å². The van der Waals surface area contributed by atoms with Gasteiger partial charge >= 0.3 is 0 Å². The van der Waals surface area contributed by atoms with Crippen LogP contribution in [0.15, 0.2) is 36.5 Å². The highest BCUT2D eigenvalue weighted by atomic mass is 35.5. The molecule has 3 aromatic rings. The maximum Gasteiger partial charge on any atom is 0.222 e. The third-order valence-electron chi connectivity index (χ3n) is 3.56. The Morgan fingerprint density at radius 3 is 2.83 bits per heavy atom. The van der Waals surface area contributed by atoms with Crippen LogP contribution in [-0.4, -0.2) is 22.0 Å². The Morgan fingerprint density at radius 1 is 1.26 bits per heavy atom. The van der Waals surface area contributed by atoms with Crippen LogP contribution in [-0.2, 0) is 0 Å². The normalized spacial score (nSPS) is 10.3. The second kappa shape index (κ2) is 6.11. The van der Waals surface area contributed by atoms with Gasteiger partial charge in [-0.2, -0.15) is 5.26 Å². The summed E-state index contributed by atoms with van der Waals surface area (Å²) in [4.78, 5) is 11.8. The fourth-order valence-corrected chi connectivity index (χ4v) is 2.56. The summed E-state index contributed by atoms with van der Waals surface area (Å²) in [6.07, 6.45) is 1.67. The van der Waals surface area contributed by atoms with Gasteiger partial charge < -0.3 is 10.3 Å². The number of H-pyrrole nitrogens is 1. The van der Waals surface area contributed by atoms with E-state index in [2.05, 4.69) is 26.3 Å². The standard InChI is InChI=1S/C17H14ClN5/c1-10-3-4-12(18)8-13(10)16-11(9-19)7-15(22-16)14-5-6-21-17(20-2)23-14/h3-8,22H,1-2H3,(H,20,21,23). The fourth-order valence-electron chi connectivity index (χ4n) is 2.39. The Balaban J connectivity index is 2.15. The summed E-state index contributed by atoms with van der Waals surface area (Å²) in [5.41, 5.74) is 4.71. The molecule has 3 rings (SSSR count). The fraction of sp³-hybridized carbons (Fsp3) is 0.118. The lowest BCUT2D eigenvalue weighted by Gasteiger charge is -2.05. The zero-order chi connectivity index (χ0) is 16.4. The van der Waals surface area contributed by atoms with Gasteiger partial charge in [-0.1, -0.05) is 17.7 Å². The second-order valence-electron chi connectivity index (χ2n) is 5.06. The molecule has 0 aliphatic carbocycles. The number of aryl methyl sites for hydroxylation is 1. The number of rotatable bonds is 3. The van der Waals surface area contributed by atoms with Gasteiger partial charge in [-0.05, 0) is 36.8 Å². The van der Waals surface area contributed by atoms with Crippen LogP contribution in [0.5, 0.6) is 0 Å². The Labute approximate surface area is 139 Å².